The summed E-state index contributed by atoms with van der Waals surface area (Å²) >= 11 is 6.08. The Kier molecular flexibility index (Phi) is 10.0. The molecule has 1 aromatic heterocycles. The van der Waals surface area contributed by atoms with Crippen LogP contribution in [0.25, 0.3) is 0 Å². The van der Waals surface area contributed by atoms with Crippen molar-refractivity contribution >= 4 is 41.5 Å². The molecule has 2 rings (SSSR count). The molecule has 5 nitrogen and oxygen atoms in total. The van der Waals surface area contributed by atoms with Gasteiger partial charge in [-0.1, -0.05) is 35.9 Å². The molecule has 26 heavy (non-hydrogen) atoms. The molecule has 144 valence electrons. The van der Waals surface area contributed by atoms with Crippen LogP contribution in [0.3, 0.4) is 0 Å². The molecule has 0 aliphatic rings. The SMILES string of the molecule is CCNC(=NCc1cccc(COC)c1)N(C)Cc1cc(Cl)cn1C.I. The molecule has 1 N–H and O–H groups in total. The highest BCUT2D eigenvalue weighted by Crippen LogP contribution is 2.14. The zero-order valence-electron chi connectivity index (χ0n) is 15.8. The summed E-state index contributed by atoms with van der Waals surface area (Å²) < 4.78 is 7.23. The first kappa shape index (κ1) is 22.8. The summed E-state index contributed by atoms with van der Waals surface area (Å²) in [6.07, 6.45) is 1.91. The minimum atomic E-state index is 0. The minimum Gasteiger partial charge on any atom is -0.380 e. The van der Waals surface area contributed by atoms with Gasteiger partial charge >= 0.3 is 0 Å². The van der Waals surface area contributed by atoms with E-state index in [0.717, 1.165) is 35.3 Å². The van der Waals surface area contributed by atoms with Crippen LogP contribution in [0.5, 0.6) is 0 Å². The van der Waals surface area contributed by atoms with Gasteiger partial charge in [-0.25, -0.2) is 4.99 Å². The molecular weight excluding hydrogens is 463 g/mol. The van der Waals surface area contributed by atoms with Gasteiger partial charge in [0.25, 0.3) is 0 Å². The lowest BCUT2D eigenvalue weighted by Gasteiger charge is -2.22. The van der Waals surface area contributed by atoms with Crippen LogP contribution >= 0.6 is 35.6 Å². The Labute approximate surface area is 178 Å². The zero-order chi connectivity index (χ0) is 18.2. The van der Waals surface area contributed by atoms with Crippen molar-refractivity contribution in [2.45, 2.75) is 26.6 Å². The smallest absolute Gasteiger partial charge is 0.194 e. The summed E-state index contributed by atoms with van der Waals surface area (Å²) in [6.45, 7) is 4.87. The molecule has 0 atom stereocenters. The largest absolute Gasteiger partial charge is 0.380 e. The second kappa shape index (κ2) is 11.5. The number of aromatic nitrogens is 1. The van der Waals surface area contributed by atoms with E-state index >= 15 is 0 Å². The number of hydrogen-bond acceptors (Lipinski definition) is 2. The second-order valence-electron chi connectivity index (χ2n) is 6.04. The molecule has 2 aromatic rings. The Hall–Kier alpha value is -1.25. The Balaban J connectivity index is 0.00000338. The monoisotopic (exact) mass is 490 g/mol. The third-order valence-corrected chi connectivity index (χ3v) is 4.09. The third kappa shape index (κ3) is 6.81. The van der Waals surface area contributed by atoms with Gasteiger partial charge in [0.2, 0.25) is 0 Å². The molecule has 0 amide bonds. The van der Waals surface area contributed by atoms with Crippen molar-refractivity contribution < 1.29 is 4.74 Å². The summed E-state index contributed by atoms with van der Waals surface area (Å²) in [5.74, 6) is 0.872. The molecule has 0 radical (unpaired) electrons. The van der Waals surface area contributed by atoms with Crippen LogP contribution < -0.4 is 5.32 Å². The van der Waals surface area contributed by atoms with Crippen molar-refractivity contribution in [3.05, 3.63) is 58.4 Å². The van der Waals surface area contributed by atoms with Crippen LogP contribution in [0.1, 0.15) is 23.7 Å². The number of ether oxygens (including phenoxy) is 1. The normalized spacial score (nSPS) is 11.2. The summed E-state index contributed by atoms with van der Waals surface area (Å²) in [6, 6.07) is 10.3. The van der Waals surface area contributed by atoms with Gasteiger partial charge in [0.05, 0.1) is 24.7 Å². The zero-order valence-corrected chi connectivity index (χ0v) is 18.9. The summed E-state index contributed by atoms with van der Waals surface area (Å²) in [5.41, 5.74) is 3.47. The first-order chi connectivity index (χ1) is 12.0. The molecule has 0 aliphatic carbocycles. The van der Waals surface area contributed by atoms with Gasteiger partial charge in [0.1, 0.15) is 0 Å². The van der Waals surface area contributed by atoms with Crippen LogP contribution in [0.4, 0.5) is 0 Å². The first-order valence-corrected chi connectivity index (χ1v) is 8.78. The lowest BCUT2D eigenvalue weighted by molar-refractivity contribution is 0.185. The van der Waals surface area contributed by atoms with Crippen molar-refractivity contribution in [1.29, 1.82) is 0 Å². The number of nitrogens with one attached hydrogen (secondary N) is 1. The van der Waals surface area contributed by atoms with Gasteiger partial charge < -0.3 is 19.5 Å². The fourth-order valence-electron chi connectivity index (χ4n) is 2.66. The lowest BCUT2D eigenvalue weighted by Crippen LogP contribution is -2.38. The fraction of sp³-hybridized carbons (Fsp3) is 0.421. The van der Waals surface area contributed by atoms with E-state index in [1.807, 2.05) is 37.0 Å². The number of guanidine groups is 1. The van der Waals surface area contributed by atoms with Crippen LogP contribution in [0.2, 0.25) is 5.02 Å². The molecular formula is C19H28ClIN4O. The number of hydrogen-bond donors (Lipinski definition) is 1. The van der Waals surface area contributed by atoms with Gasteiger partial charge in [-0.15, -0.1) is 24.0 Å². The fourth-order valence-corrected chi connectivity index (χ4v) is 2.93. The van der Waals surface area contributed by atoms with Gasteiger partial charge in [0, 0.05) is 39.6 Å². The highest BCUT2D eigenvalue weighted by molar-refractivity contribution is 14.0. The topological polar surface area (TPSA) is 41.8 Å². The average molecular weight is 491 g/mol. The quantitative estimate of drug-likeness (QED) is 0.362. The predicted molar refractivity (Wildman–Crippen MR) is 119 cm³/mol. The highest BCUT2D eigenvalue weighted by Gasteiger charge is 2.09. The number of rotatable bonds is 7. The van der Waals surface area contributed by atoms with E-state index in [0.29, 0.717) is 13.2 Å². The minimum absolute atomic E-state index is 0. The Morgan fingerprint density at radius 3 is 2.65 bits per heavy atom. The van der Waals surface area contributed by atoms with Gasteiger partial charge in [-0.05, 0) is 24.1 Å². The van der Waals surface area contributed by atoms with Crippen LogP contribution in [0.15, 0.2) is 41.5 Å². The van der Waals surface area contributed by atoms with Crippen molar-refractivity contribution in [3.8, 4) is 0 Å². The summed E-state index contributed by atoms with van der Waals surface area (Å²) in [4.78, 5) is 6.87. The van der Waals surface area contributed by atoms with Crippen molar-refractivity contribution in [2.75, 3.05) is 20.7 Å². The van der Waals surface area contributed by atoms with Crippen LogP contribution in [-0.4, -0.2) is 36.1 Å². The first-order valence-electron chi connectivity index (χ1n) is 8.40. The van der Waals surface area contributed by atoms with Gasteiger partial charge in [-0.3, -0.25) is 0 Å². The maximum atomic E-state index is 6.08. The molecule has 0 bridgehead atoms. The number of methoxy groups -OCH3 is 1. The number of aryl methyl sites for hydroxylation is 1. The maximum Gasteiger partial charge on any atom is 0.194 e. The summed E-state index contributed by atoms with van der Waals surface area (Å²) in [5, 5.41) is 4.10. The molecule has 0 spiro atoms. The van der Waals surface area contributed by atoms with E-state index in [2.05, 4.69) is 35.3 Å². The van der Waals surface area contributed by atoms with Crippen LogP contribution in [0, 0.1) is 0 Å². The number of halogens is 2. The Bertz CT molecular complexity index is 717. The molecule has 1 heterocycles. The lowest BCUT2D eigenvalue weighted by atomic mass is 10.1. The second-order valence-corrected chi connectivity index (χ2v) is 6.48. The van der Waals surface area contributed by atoms with E-state index < -0.39 is 0 Å². The standard InChI is InChI=1S/C19H27ClN4O.HI/c1-5-21-19(24(3)13-18-10-17(20)12-23(18)2)22-11-15-7-6-8-16(9-15)14-25-4;/h6-10,12H,5,11,13-14H2,1-4H3,(H,21,22);1H. The number of aliphatic imine (C=N–C) groups is 1. The van der Waals surface area contributed by atoms with E-state index in [9.17, 15) is 0 Å². The van der Waals surface area contributed by atoms with E-state index in [1.54, 1.807) is 7.11 Å². The Morgan fingerprint density at radius 2 is 2.04 bits per heavy atom. The molecule has 0 saturated heterocycles. The predicted octanol–water partition coefficient (Wildman–Crippen LogP) is 4.04. The van der Waals surface area contributed by atoms with Crippen molar-refractivity contribution in [3.63, 3.8) is 0 Å². The summed E-state index contributed by atoms with van der Waals surface area (Å²) in [7, 11) is 5.74. The maximum absolute atomic E-state index is 6.08. The average Bonchev–Trinajstić information content (AvgIpc) is 2.89. The van der Waals surface area contributed by atoms with Gasteiger partial charge in [-0.2, -0.15) is 0 Å². The van der Waals surface area contributed by atoms with E-state index in [1.165, 1.54) is 5.56 Å². The molecule has 0 aliphatic heterocycles. The number of benzene rings is 1. The number of nitrogens with zero attached hydrogens (tertiary/aromatic N) is 3. The van der Waals surface area contributed by atoms with Crippen molar-refractivity contribution in [1.82, 2.24) is 14.8 Å². The molecule has 0 saturated carbocycles. The molecule has 1 aromatic carbocycles. The van der Waals surface area contributed by atoms with E-state index in [4.69, 9.17) is 21.3 Å². The third-order valence-electron chi connectivity index (χ3n) is 3.88. The molecule has 0 fully saturated rings. The van der Waals surface area contributed by atoms with Crippen molar-refractivity contribution in [2.24, 2.45) is 12.0 Å². The Morgan fingerprint density at radius 1 is 1.31 bits per heavy atom. The van der Waals surface area contributed by atoms with Crippen LogP contribution in [-0.2, 0) is 31.5 Å². The molecule has 0 unspecified atom stereocenters. The highest BCUT2D eigenvalue weighted by atomic mass is 127. The molecule has 7 heteroatoms. The van der Waals surface area contributed by atoms with Gasteiger partial charge in [0.15, 0.2) is 5.96 Å². The van der Waals surface area contributed by atoms with E-state index in [-0.39, 0.29) is 24.0 Å².